The maximum Gasteiger partial charge on any atom is 0.340 e. The third kappa shape index (κ3) is 3.60. The molecule has 0 aliphatic heterocycles. The smallest absolute Gasteiger partial charge is 0.340 e. The molecule has 0 fully saturated rings. The van der Waals surface area contributed by atoms with E-state index in [0.29, 0.717) is 0 Å². The van der Waals surface area contributed by atoms with Crippen molar-refractivity contribution in [3.8, 4) is 5.75 Å². The summed E-state index contributed by atoms with van der Waals surface area (Å²) in [5, 5.41) is 10.2. The average molecular weight is 277 g/mol. The van der Waals surface area contributed by atoms with Gasteiger partial charge in [0.15, 0.2) is 11.9 Å². The monoisotopic (exact) mass is 276 g/mol. The standard InChI is InChI=1S/C12H14Cl2O3/c1-12(2,3)10(15)11(16)17-9-7(13)5-4-6-8(9)14/h4-6,10,15H,1-3H3. The van der Waals surface area contributed by atoms with Crippen molar-refractivity contribution in [3.05, 3.63) is 28.2 Å². The second kappa shape index (κ2) is 5.25. The van der Waals surface area contributed by atoms with Crippen LogP contribution in [0.2, 0.25) is 10.0 Å². The molecular formula is C12H14Cl2O3. The van der Waals surface area contributed by atoms with Crippen LogP contribution >= 0.6 is 23.2 Å². The first kappa shape index (κ1) is 14.3. The predicted molar refractivity (Wildman–Crippen MR) is 67.6 cm³/mol. The van der Waals surface area contributed by atoms with Crippen LogP contribution in [-0.2, 0) is 4.79 Å². The molecule has 0 aliphatic carbocycles. The lowest BCUT2D eigenvalue weighted by Gasteiger charge is -2.24. The number of esters is 1. The molecule has 1 aromatic carbocycles. The number of aliphatic hydroxyl groups excluding tert-OH is 1. The molecule has 0 spiro atoms. The number of para-hydroxylation sites is 1. The molecule has 0 heterocycles. The molecule has 0 bridgehead atoms. The molecule has 0 aromatic heterocycles. The van der Waals surface area contributed by atoms with E-state index in [4.69, 9.17) is 27.9 Å². The Balaban J connectivity index is 2.89. The zero-order chi connectivity index (χ0) is 13.2. The Morgan fingerprint density at radius 3 is 2.18 bits per heavy atom. The molecule has 0 saturated heterocycles. The fraction of sp³-hybridized carbons (Fsp3) is 0.417. The second-order valence-electron chi connectivity index (χ2n) is 4.74. The van der Waals surface area contributed by atoms with Crippen molar-refractivity contribution in [2.45, 2.75) is 26.9 Å². The van der Waals surface area contributed by atoms with Gasteiger partial charge in [-0.15, -0.1) is 0 Å². The van der Waals surface area contributed by atoms with Gasteiger partial charge in [0.25, 0.3) is 0 Å². The maximum atomic E-state index is 11.7. The summed E-state index contributed by atoms with van der Waals surface area (Å²) >= 11 is 11.7. The summed E-state index contributed by atoms with van der Waals surface area (Å²) in [4.78, 5) is 11.7. The Kier molecular flexibility index (Phi) is 4.42. The summed E-state index contributed by atoms with van der Waals surface area (Å²) in [6.45, 7) is 5.19. The average Bonchev–Trinajstić information content (AvgIpc) is 2.21. The van der Waals surface area contributed by atoms with Gasteiger partial charge < -0.3 is 9.84 Å². The van der Waals surface area contributed by atoms with Gasteiger partial charge in [-0.3, -0.25) is 0 Å². The van der Waals surface area contributed by atoms with Gasteiger partial charge >= 0.3 is 5.97 Å². The van der Waals surface area contributed by atoms with Crippen LogP contribution in [0.15, 0.2) is 18.2 Å². The van der Waals surface area contributed by atoms with E-state index >= 15 is 0 Å². The van der Waals surface area contributed by atoms with Gasteiger partial charge in [0.2, 0.25) is 0 Å². The fourth-order valence-corrected chi connectivity index (χ4v) is 1.56. The van der Waals surface area contributed by atoms with Crippen molar-refractivity contribution in [1.29, 1.82) is 0 Å². The molecule has 3 nitrogen and oxygen atoms in total. The van der Waals surface area contributed by atoms with Gasteiger partial charge in [-0.2, -0.15) is 0 Å². The van der Waals surface area contributed by atoms with Crippen LogP contribution in [0.1, 0.15) is 20.8 Å². The number of benzene rings is 1. The van der Waals surface area contributed by atoms with Crippen molar-refractivity contribution < 1.29 is 14.6 Å². The number of hydrogen-bond acceptors (Lipinski definition) is 3. The summed E-state index contributed by atoms with van der Waals surface area (Å²) in [6, 6.07) is 4.75. The van der Waals surface area contributed by atoms with E-state index in [1.54, 1.807) is 39.0 Å². The third-order valence-corrected chi connectivity index (χ3v) is 2.76. The van der Waals surface area contributed by atoms with Gasteiger partial charge in [-0.05, 0) is 17.5 Å². The number of carbonyl (C=O) groups is 1. The molecular weight excluding hydrogens is 263 g/mol. The zero-order valence-corrected chi connectivity index (χ0v) is 11.3. The lowest BCUT2D eigenvalue weighted by atomic mass is 9.89. The quantitative estimate of drug-likeness (QED) is 0.666. The van der Waals surface area contributed by atoms with E-state index in [9.17, 15) is 9.90 Å². The number of halogens is 2. The highest BCUT2D eigenvalue weighted by atomic mass is 35.5. The lowest BCUT2D eigenvalue weighted by molar-refractivity contribution is -0.149. The van der Waals surface area contributed by atoms with Crippen LogP contribution in [0.5, 0.6) is 5.75 Å². The van der Waals surface area contributed by atoms with Crippen LogP contribution in [0.25, 0.3) is 0 Å². The summed E-state index contributed by atoms with van der Waals surface area (Å²) in [5.41, 5.74) is -0.606. The highest BCUT2D eigenvalue weighted by molar-refractivity contribution is 6.37. The van der Waals surface area contributed by atoms with E-state index in [0.717, 1.165) is 0 Å². The zero-order valence-electron chi connectivity index (χ0n) is 9.83. The molecule has 5 heteroatoms. The fourth-order valence-electron chi connectivity index (χ4n) is 1.09. The van der Waals surface area contributed by atoms with Crippen LogP contribution in [0.3, 0.4) is 0 Å². The van der Waals surface area contributed by atoms with E-state index in [-0.39, 0.29) is 15.8 Å². The van der Waals surface area contributed by atoms with Crippen molar-refractivity contribution in [1.82, 2.24) is 0 Å². The van der Waals surface area contributed by atoms with Gasteiger partial charge in [-0.25, -0.2) is 4.79 Å². The molecule has 0 aliphatic rings. The molecule has 0 saturated carbocycles. The Labute approximate surface area is 110 Å². The molecule has 1 unspecified atom stereocenters. The van der Waals surface area contributed by atoms with Crippen LogP contribution in [-0.4, -0.2) is 17.2 Å². The summed E-state index contributed by atoms with van der Waals surface area (Å²) in [6.07, 6.45) is -1.24. The SMILES string of the molecule is CC(C)(C)C(O)C(=O)Oc1c(Cl)cccc1Cl. The first-order valence-electron chi connectivity index (χ1n) is 5.07. The molecule has 17 heavy (non-hydrogen) atoms. The Morgan fingerprint density at radius 2 is 1.76 bits per heavy atom. The first-order valence-corrected chi connectivity index (χ1v) is 5.83. The highest BCUT2D eigenvalue weighted by Gasteiger charge is 2.31. The van der Waals surface area contributed by atoms with Crippen LogP contribution in [0, 0.1) is 5.41 Å². The lowest BCUT2D eigenvalue weighted by Crippen LogP contribution is -2.37. The number of hydrogen-bond donors (Lipinski definition) is 1. The normalized spacial score (nSPS) is 13.3. The minimum absolute atomic E-state index is 0.0733. The topological polar surface area (TPSA) is 46.5 Å². The van der Waals surface area contributed by atoms with E-state index in [2.05, 4.69) is 0 Å². The molecule has 1 N–H and O–H groups in total. The maximum absolute atomic E-state index is 11.7. The van der Waals surface area contributed by atoms with Crippen molar-refractivity contribution in [2.75, 3.05) is 0 Å². The molecule has 0 amide bonds. The molecule has 1 aromatic rings. The molecule has 1 atom stereocenters. The van der Waals surface area contributed by atoms with Crippen molar-refractivity contribution in [2.24, 2.45) is 5.41 Å². The van der Waals surface area contributed by atoms with Crippen LogP contribution < -0.4 is 4.74 Å². The second-order valence-corrected chi connectivity index (χ2v) is 5.55. The van der Waals surface area contributed by atoms with E-state index in [1.807, 2.05) is 0 Å². The number of rotatable bonds is 2. The Hall–Kier alpha value is -0.770. The molecule has 0 radical (unpaired) electrons. The Bertz CT molecular complexity index is 404. The number of ether oxygens (including phenoxy) is 1. The van der Waals surface area contributed by atoms with Crippen molar-refractivity contribution in [3.63, 3.8) is 0 Å². The van der Waals surface area contributed by atoms with E-state index < -0.39 is 17.5 Å². The summed E-state index contributed by atoms with van der Waals surface area (Å²) in [5.74, 6) is -0.698. The van der Waals surface area contributed by atoms with Gasteiger partial charge in [0.1, 0.15) is 0 Å². The minimum atomic E-state index is -1.24. The minimum Gasteiger partial charge on any atom is -0.421 e. The Morgan fingerprint density at radius 1 is 1.29 bits per heavy atom. The van der Waals surface area contributed by atoms with Gasteiger partial charge in [-0.1, -0.05) is 50.0 Å². The third-order valence-electron chi connectivity index (χ3n) is 2.17. The van der Waals surface area contributed by atoms with Crippen molar-refractivity contribution >= 4 is 29.2 Å². The molecule has 1 rings (SSSR count). The van der Waals surface area contributed by atoms with E-state index in [1.165, 1.54) is 0 Å². The van der Waals surface area contributed by atoms with Gasteiger partial charge in [0, 0.05) is 0 Å². The highest BCUT2D eigenvalue weighted by Crippen LogP contribution is 2.33. The van der Waals surface area contributed by atoms with Gasteiger partial charge in [0.05, 0.1) is 10.0 Å². The molecule has 94 valence electrons. The number of carbonyl (C=O) groups excluding carboxylic acids is 1. The largest absolute Gasteiger partial charge is 0.421 e. The summed E-state index contributed by atoms with van der Waals surface area (Å²) in [7, 11) is 0. The van der Waals surface area contributed by atoms with Crippen LogP contribution in [0.4, 0.5) is 0 Å². The summed E-state index contributed by atoms with van der Waals surface area (Å²) < 4.78 is 5.01. The predicted octanol–water partition coefficient (Wildman–Crippen LogP) is 3.31. The number of aliphatic hydroxyl groups is 1. The first-order chi connectivity index (χ1) is 7.73.